The number of nitrogens with two attached hydrogens (primary N) is 1. The van der Waals surface area contributed by atoms with E-state index in [-0.39, 0.29) is 0 Å². The zero-order chi connectivity index (χ0) is 8.53. The van der Waals surface area contributed by atoms with E-state index < -0.39 is 0 Å². The molecule has 0 aromatic carbocycles. The standard InChI is InChI=1S/C9H17NS/c1-3-4-5-7-11-8-6-9(2)10/h9H,5-8,10H2,1-2H3. The summed E-state index contributed by atoms with van der Waals surface area (Å²) in [6.07, 6.45) is 2.13. The lowest BCUT2D eigenvalue weighted by atomic mass is 10.3. The van der Waals surface area contributed by atoms with E-state index in [0.717, 1.165) is 18.6 Å². The molecular formula is C9H17NS. The fourth-order valence-corrected chi connectivity index (χ4v) is 1.61. The Labute approximate surface area is 74.1 Å². The molecule has 0 bridgehead atoms. The Morgan fingerprint density at radius 2 is 2.18 bits per heavy atom. The molecule has 0 heterocycles. The van der Waals surface area contributed by atoms with Crippen LogP contribution in [-0.2, 0) is 0 Å². The van der Waals surface area contributed by atoms with E-state index >= 15 is 0 Å². The highest BCUT2D eigenvalue weighted by Crippen LogP contribution is 2.04. The zero-order valence-electron chi connectivity index (χ0n) is 7.39. The molecule has 0 saturated carbocycles. The van der Waals surface area contributed by atoms with Crippen LogP contribution in [0.25, 0.3) is 0 Å². The molecule has 0 radical (unpaired) electrons. The van der Waals surface area contributed by atoms with Gasteiger partial charge in [0.1, 0.15) is 0 Å². The maximum Gasteiger partial charge on any atom is 0.0179 e. The number of hydrogen-bond donors (Lipinski definition) is 1. The second-order valence-electron chi connectivity index (χ2n) is 2.56. The van der Waals surface area contributed by atoms with Crippen molar-refractivity contribution in [3.05, 3.63) is 0 Å². The topological polar surface area (TPSA) is 26.0 Å². The van der Waals surface area contributed by atoms with Crippen LogP contribution in [0, 0.1) is 11.8 Å². The molecule has 0 aromatic rings. The van der Waals surface area contributed by atoms with Crippen LogP contribution in [0.15, 0.2) is 0 Å². The van der Waals surface area contributed by atoms with Crippen molar-refractivity contribution in [2.24, 2.45) is 5.73 Å². The van der Waals surface area contributed by atoms with Crippen LogP contribution in [0.3, 0.4) is 0 Å². The van der Waals surface area contributed by atoms with Gasteiger partial charge < -0.3 is 5.73 Å². The SMILES string of the molecule is CC#CCCSCCC(C)N. The average molecular weight is 171 g/mol. The van der Waals surface area contributed by atoms with Gasteiger partial charge in [-0.3, -0.25) is 0 Å². The fourth-order valence-electron chi connectivity index (χ4n) is 0.619. The molecule has 0 spiro atoms. The van der Waals surface area contributed by atoms with Gasteiger partial charge in [-0.15, -0.1) is 11.8 Å². The summed E-state index contributed by atoms with van der Waals surface area (Å²) in [5.74, 6) is 8.23. The van der Waals surface area contributed by atoms with Crippen molar-refractivity contribution in [2.45, 2.75) is 32.7 Å². The second-order valence-corrected chi connectivity index (χ2v) is 3.78. The van der Waals surface area contributed by atoms with Crippen molar-refractivity contribution in [1.29, 1.82) is 0 Å². The molecule has 64 valence electrons. The number of thioether (sulfide) groups is 1. The lowest BCUT2D eigenvalue weighted by Crippen LogP contribution is -2.15. The van der Waals surface area contributed by atoms with E-state index in [4.69, 9.17) is 5.73 Å². The van der Waals surface area contributed by atoms with Crippen molar-refractivity contribution >= 4 is 11.8 Å². The minimum atomic E-state index is 0.347. The highest BCUT2D eigenvalue weighted by Gasteiger charge is 1.92. The van der Waals surface area contributed by atoms with Crippen LogP contribution < -0.4 is 5.73 Å². The summed E-state index contributed by atoms with van der Waals surface area (Å²) in [7, 11) is 0. The first-order chi connectivity index (χ1) is 5.27. The number of rotatable bonds is 5. The van der Waals surface area contributed by atoms with Gasteiger partial charge in [-0.2, -0.15) is 11.8 Å². The number of hydrogen-bond acceptors (Lipinski definition) is 2. The molecular weight excluding hydrogens is 154 g/mol. The monoisotopic (exact) mass is 171 g/mol. The maximum atomic E-state index is 5.59. The summed E-state index contributed by atoms with van der Waals surface area (Å²) >= 11 is 1.94. The van der Waals surface area contributed by atoms with Gasteiger partial charge in [0.2, 0.25) is 0 Å². The summed E-state index contributed by atoms with van der Waals surface area (Å²) in [4.78, 5) is 0. The molecule has 0 fully saturated rings. The highest BCUT2D eigenvalue weighted by molar-refractivity contribution is 7.99. The van der Waals surface area contributed by atoms with Crippen LogP contribution in [0.1, 0.15) is 26.7 Å². The van der Waals surface area contributed by atoms with Crippen molar-refractivity contribution in [3.8, 4) is 11.8 Å². The molecule has 1 nitrogen and oxygen atoms in total. The van der Waals surface area contributed by atoms with Gasteiger partial charge in [0.15, 0.2) is 0 Å². The Hall–Kier alpha value is -0.130. The van der Waals surface area contributed by atoms with Crippen molar-refractivity contribution in [1.82, 2.24) is 0 Å². The minimum Gasteiger partial charge on any atom is -0.328 e. The van der Waals surface area contributed by atoms with Gasteiger partial charge in [-0.25, -0.2) is 0 Å². The Morgan fingerprint density at radius 1 is 1.45 bits per heavy atom. The molecule has 0 rings (SSSR count). The zero-order valence-corrected chi connectivity index (χ0v) is 8.21. The first-order valence-electron chi connectivity index (χ1n) is 4.00. The maximum absolute atomic E-state index is 5.59. The van der Waals surface area contributed by atoms with Crippen LogP contribution >= 0.6 is 11.8 Å². The summed E-state index contributed by atoms with van der Waals surface area (Å²) in [6, 6.07) is 0.347. The molecule has 0 aliphatic heterocycles. The van der Waals surface area contributed by atoms with Crippen molar-refractivity contribution in [2.75, 3.05) is 11.5 Å². The predicted octanol–water partition coefficient (Wildman–Crippen LogP) is 1.87. The molecule has 11 heavy (non-hydrogen) atoms. The highest BCUT2D eigenvalue weighted by atomic mass is 32.2. The Bertz CT molecular complexity index is 132. The lowest BCUT2D eigenvalue weighted by Gasteiger charge is -2.02. The van der Waals surface area contributed by atoms with Crippen LogP contribution in [-0.4, -0.2) is 17.5 Å². The lowest BCUT2D eigenvalue weighted by molar-refractivity contribution is 0.721. The quantitative estimate of drug-likeness (QED) is 0.505. The van der Waals surface area contributed by atoms with Crippen LogP contribution in [0.5, 0.6) is 0 Å². The Balaban J connectivity index is 2.95. The second kappa shape index (κ2) is 7.97. The summed E-state index contributed by atoms with van der Waals surface area (Å²) in [5.41, 5.74) is 5.59. The first-order valence-corrected chi connectivity index (χ1v) is 5.15. The fraction of sp³-hybridized carbons (Fsp3) is 0.778. The van der Waals surface area contributed by atoms with Gasteiger partial charge in [-0.05, 0) is 26.0 Å². The van der Waals surface area contributed by atoms with Gasteiger partial charge in [0, 0.05) is 18.2 Å². The van der Waals surface area contributed by atoms with E-state index in [1.165, 1.54) is 5.75 Å². The largest absolute Gasteiger partial charge is 0.328 e. The van der Waals surface area contributed by atoms with Gasteiger partial charge in [-0.1, -0.05) is 0 Å². The minimum absolute atomic E-state index is 0.347. The van der Waals surface area contributed by atoms with E-state index in [2.05, 4.69) is 11.8 Å². The summed E-state index contributed by atoms with van der Waals surface area (Å²) < 4.78 is 0. The Morgan fingerprint density at radius 3 is 2.73 bits per heavy atom. The van der Waals surface area contributed by atoms with Crippen LogP contribution in [0.2, 0.25) is 0 Å². The van der Waals surface area contributed by atoms with E-state index in [0.29, 0.717) is 6.04 Å². The van der Waals surface area contributed by atoms with Crippen molar-refractivity contribution in [3.63, 3.8) is 0 Å². The summed E-state index contributed by atoms with van der Waals surface area (Å²) in [5, 5.41) is 0. The third-order valence-corrected chi connectivity index (χ3v) is 2.28. The summed E-state index contributed by atoms with van der Waals surface area (Å²) in [6.45, 7) is 3.93. The van der Waals surface area contributed by atoms with E-state index in [1.807, 2.05) is 25.6 Å². The van der Waals surface area contributed by atoms with Crippen LogP contribution in [0.4, 0.5) is 0 Å². The normalized spacial score (nSPS) is 11.9. The molecule has 0 saturated heterocycles. The molecule has 0 aromatic heterocycles. The molecule has 2 heteroatoms. The molecule has 2 N–H and O–H groups in total. The Kier molecular flexibility index (Phi) is 7.88. The third-order valence-electron chi connectivity index (χ3n) is 1.27. The van der Waals surface area contributed by atoms with Gasteiger partial charge in [0.05, 0.1) is 0 Å². The predicted molar refractivity (Wildman–Crippen MR) is 53.7 cm³/mol. The van der Waals surface area contributed by atoms with Gasteiger partial charge in [0.25, 0.3) is 0 Å². The molecule has 0 aliphatic rings. The molecule has 0 aliphatic carbocycles. The molecule has 0 amide bonds. The van der Waals surface area contributed by atoms with E-state index in [9.17, 15) is 0 Å². The average Bonchev–Trinajstić information content (AvgIpc) is 1.96. The van der Waals surface area contributed by atoms with Crippen molar-refractivity contribution < 1.29 is 0 Å². The van der Waals surface area contributed by atoms with E-state index in [1.54, 1.807) is 0 Å². The molecule has 1 atom stereocenters. The smallest absolute Gasteiger partial charge is 0.0179 e. The van der Waals surface area contributed by atoms with Gasteiger partial charge >= 0.3 is 0 Å². The first kappa shape index (κ1) is 10.9. The molecule has 1 unspecified atom stereocenters. The third kappa shape index (κ3) is 9.87.